The maximum atomic E-state index is 12.3. The standard InChI is InChI=1S/C20H24N2O5/c1-20(2,3)27-19(25)22(4)11-12-26-16-8-5-14(6-9-16)18(24)17-10-7-15(23)13-21-17/h5-10,13,23H,11-12H2,1-4H3. The van der Waals surface area contributed by atoms with Crippen LogP contribution in [-0.2, 0) is 4.74 Å². The molecule has 1 heterocycles. The Morgan fingerprint density at radius 3 is 2.33 bits per heavy atom. The third-order valence-corrected chi connectivity index (χ3v) is 3.50. The van der Waals surface area contributed by atoms with Crippen LogP contribution < -0.4 is 4.74 Å². The largest absolute Gasteiger partial charge is 0.506 e. The summed E-state index contributed by atoms with van der Waals surface area (Å²) in [6.45, 7) is 6.10. The number of ether oxygens (including phenoxy) is 2. The van der Waals surface area contributed by atoms with Crippen LogP contribution >= 0.6 is 0 Å². The highest BCUT2D eigenvalue weighted by molar-refractivity contribution is 6.07. The minimum atomic E-state index is -0.541. The third kappa shape index (κ3) is 6.29. The Kier molecular flexibility index (Phi) is 6.39. The van der Waals surface area contributed by atoms with E-state index in [0.29, 0.717) is 24.5 Å². The first kappa shape index (κ1) is 20.2. The van der Waals surface area contributed by atoms with E-state index in [1.807, 2.05) is 20.8 Å². The molecule has 0 bridgehead atoms. The first-order valence-corrected chi connectivity index (χ1v) is 8.52. The number of aromatic nitrogens is 1. The lowest BCUT2D eigenvalue weighted by Gasteiger charge is -2.24. The number of carbonyl (C=O) groups excluding carboxylic acids is 2. The van der Waals surface area contributed by atoms with Crippen molar-refractivity contribution in [1.82, 2.24) is 9.88 Å². The Hall–Kier alpha value is -3.09. The van der Waals surface area contributed by atoms with Crippen molar-refractivity contribution in [2.75, 3.05) is 20.2 Å². The quantitative estimate of drug-likeness (QED) is 0.783. The van der Waals surface area contributed by atoms with Crippen LogP contribution in [0.5, 0.6) is 11.5 Å². The number of hydrogen-bond donors (Lipinski definition) is 1. The number of hydrogen-bond acceptors (Lipinski definition) is 6. The van der Waals surface area contributed by atoms with E-state index in [1.54, 1.807) is 31.3 Å². The zero-order valence-corrected chi connectivity index (χ0v) is 15.9. The van der Waals surface area contributed by atoms with Gasteiger partial charge in [0.25, 0.3) is 0 Å². The molecule has 0 saturated heterocycles. The molecule has 0 unspecified atom stereocenters. The predicted molar refractivity (Wildman–Crippen MR) is 100 cm³/mol. The molecule has 27 heavy (non-hydrogen) atoms. The normalized spacial score (nSPS) is 11.0. The fourth-order valence-corrected chi connectivity index (χ4v) is 2.10. The van der Waals surface area contributed by atoms with Gasteiger partial charge in [0.2, 0.25) is 5.78 Å². The van der Waals surface area contributed by atoms with Crippen molar-refractivity contribution in [2.45, 2.75) is 26.4 Å². The Morgan fingerprint density at radius 1 is 1.11 bits per heavy atom. The van der Waals surface area contributed by atoms with E-state index >= 15 is 0 Å². The molecule has 2 aromatic rings. The van der Waals surface area contributed by atoms with Crippen LogP contribution in [0.25, 0.3) is 0 Å². The van der Waals surface area contributed by atoms with Crippen molar-refractivity contribution in [3.05, 3.63) is 53.9 Å². The molecular formula is C20H24N2O5. The van der Waals surface area contributed by atoms with Crippen molar-refractivity contribution >= 4 is 11.9 Å². The zero-order valence-electron chi connectivity index (χ0n) is 15.9. The molecule has 7 heteroatoms. The molecule has 0 saturated carbocycles. The minimum absolute atomic E-state index is 0.00616. The van der Waals surface area contributed by atoms with Gasteiger partial charge in [-0.3, -0.25) is 4.79 Å². The van der Waals surface area contributed by atoms with Gasteiger partial charge in [0.05, 0.1) is 12.7 Å². The maximum absolute atomic E-state index is 12.3. The topological polar surface area (TPSA) is 89.0 Å². The van der Waals surface area contributed by atoms with Gasteiger partial charge in [-0.05, 0) is 57.2 Å². The molecule has 0 atom stereocenters. The summed E-state index contributed by atoms with van der Waals surface area (Å²) in [6.07, 6.45) is 0.819. The second kappa shape index (κ2) is 8.53. The highest BCUT2D eigenvalue weighted by Gasteiger charge is 2.19. The fraction of sp³-hybridized carbons (Fsp3) is 0.350. The Bertz CT molecular complexity index is 780. The second-order valence-electron chi connectivity index (χ2n) is 7.01. The molecule has 2 rings (SSSR count). The molecule has 0 spiro atoms. The molecule has 1 aromatic carbocycles. The number of rotatable bonds is 6. The van der Waals surface area contributed by atoms with E-state index in [1.165, 1.54) is 23.2 Å². The SMILES string of the molecule is CN(CCOc1ccc(C(=O)c2ccc(O)cn2)cc1)C(=O)OC(C)(C)C. The van der Waals surface area contributed by atoms with E-state index < -0.39 is 11.7 Å². The molecule has 0 aliphatic carbocycles. The Balaban J connectivity index is 1.86. The van der Waals surface area contributed by atoms with Crippen LogP contribution in [0.15, 0.2) is 42.6 Å². The number of benzene rings is 1. The summed E-state index contributed by atoms with van der Waals surface area (Å²) in [5.41, 5.74) is 0.174. The summed E-state index contributed by atoms with van der Waals surface area (Å²) in [5.74, 6) is 0.348. The van der Waals surface area contributed by atoms with Crippen LogP contribution in [0, 0.1) is 0 Å². The number of carbonyl (C=O) groups is 2. The summed E-state index contributed by atoms with van der Waals surface area (Å²) < 4.78 is 10.9. The Labute approximate surface area is 158 Å². The predicted octanol–water partition coefficient (Wildman–Crippen LogP) is 3.26. The zero-order chi connectivity index (χ0) is 20.0. The average molecular weight is 372 g/mol. The van der Waals surface area contributed by atoms with Crippen LogP contribution in [0.3, 0.4) is 0 Å². The van der Waals surface area contributed by atoms with E-state index in [4.69, 9.17) is 9.47 Å². The molecule has 0 aliphatic rings. The molecule has 1 N–H and O–H groups in total. The van der Waals surface area contributed by atoms with E-state index in [2.05, 4.69) is 4.98 Å². The monoisotopic (exact) mass is 372 g/mol. The van der Waals surface area contributed by atoms with Gasteiger partial charge < -0.3 is 19.5 Å². The summed E-state index contributed by atoms with van der Waals surface area (Å²) in [5, 5.41) is 9.23. The minimum Gasteiger partial charge on any atom is -0.506 e. The summed E-state index contributed by atoms with van der Waals surface area (Å²) in [6, 6.07) is 9.53. The molecule has 7 nitrogen and oxygen atoms in total. The average Bonchev–Trinajstić information content (AvgIpc) is 2.61. The smallest absolute Gasteiger partial charge is 0.410 e. The molecule has 0 radical (unpaired) electrons. The van der Waals surface area contributed by atoms with Crippen LogP contribution in [0.4, 0.5) is 4.79 Å². The van der Waals surface area contributed by atoms with Gasteiger partial charge in [-0.15, -0.1) is 0 Å². The van der Waals surface area contributed by atoms with E-state index in [0.717, 1.165) is 0 Å². The Morgan fingerprint density at radius 2 is 1.78 bits per heavy atom. The highest BCUT2D eigenvalue weighted by atomic mass is 16.6. The molecule has 144 valence electrons. The number of amides is 1. The van der Waals surface area contributed by atoms with Crippen molar-refractivity contribution < 1.29 is 24.2 Å². The highest BCUT2D eigenvalue weighted by Crippen LogP contribution is 2.16. The lowest BCUT2D eigenvalue weighted by atomic mass is 10.1. The van der Waals surface area contributed by atoms with Gasteiger partial charge in [0.1, 0.15) is 29.4 Å². The van der Waals surface area contributed by atoms with E-state index in [-0.39, 0.29) is 17.2 Å². The first-order valence-electron chi connectivity index (χ1n) is 8.52. The third-order valence-electron chi connectivity index (χ3n) is 3.50. The van der Waals surface area contributed by atoms with E-state index in [9.17, 15) is 14.7 Å². The summed E-state index contributed by atoms with van der Waals surface area (Å²) in [7, 11) is 1.64. The van der Waals surface area contributed by atoms with Crippen LogP contribution in [0.1, 0.15) is 36.8 Å². The second-order valence-corrected chi connectivity index (χ2v) is 7.01. The van der Waals surface area contributed by atoms with Gasteiger partial charge in [0, 0.05) is 12.6 Å². The van der Waals surface area contributed by atoms with Crippen molar-refractivity contribution in [3.8, 4) is 11.5 Å². The lowest BCUT2D eigenvalue weighted by molar-refractivity contribution is 0.0278. The number of pyridine rings is 1. The van der Waals surface area contributed by atoms with Crippen LogP contribution in [-0.4, -0.2) is 52.7 Å². The molecular weight excluding hydrogens is 348 g/mol. The first-order chi connectivity index (χ1) is 12.7. The number of ketones is 1. The molecule has 0 aliphatic heterocycles. The van der Waals surface area contributed by atoms with Crippen molar-refractivity contribution in [1.29, 1.82) is 0 Å². The number of aromatic hydroxyl groups is 1. The van der Waals surface area contributed by atoms with Gasteiger partial charge in [-0.2, -0.15) is 0 Å². The van der Waals surface area contributed by atoms with Crippen molar-refractivity contribution in [2.24, 2.45) is 0 Å². The van der Waals surface area contributed by atoms with Gasteiger partial charge in [-0.1, -0.05) is 0 Å². The molecule has 1 amide bonds. The summed E-state index contributed by atoms with van der Waals surface area (Å²) >= 11 is 0. The lowest BCUT2D eigenvalue weighted by Crippen LogP contribution is -2.36. The van der Waals surface area contributed by atoms with Gasteiger partial charge in [0.15, 0.2) is 0 Å². The number of likely N-dealkylation sites (N-methyl/N-ethyl adjacent to an activating group) is 1. The summed E-state index contributed by atoms with van der Waals surface area (Å²) in [4.78, 5) is 29.5. The maximum Gasteiger partial charge on any atom is 0.410 e. The molecule has 0 fully saturated rings. The van der Waals surface area contributed by atoms with Crippen molar-refractivity contribution in [3.63, 3.8) is 0 Å². The fourth-order valence-electron chi connectivity index (χ4n) is 2.10. The number of nitrogens with zero attached hydrogens (tertiary/aromatic N) is 2. The van der Waals surface area contributed by atoms with Gasteiger partial charge >= 0.3 is 6.09 Å². The van der Waals surface area contributed by atoms with Crippen LogP contribution in [0.2, 0.25) is 0 Å². The van der Waals surface area contributed by atoms with Gasteiger partial charge in [-0.25, -0.2) is 9.78 Å². The molecule has 1 aromatic heterocycles.